The molecule has 6 heteroatoms. The van der Waals surface area contributed by atoms with Crippen LogP contribution >= 0.6 is 0 Å². The van der Waals surface area contributed by atoms with Gasteiger partial charge in [-0.25, -0.2) is 4.79 Å². The number of hydrogen-bond acceptors (Lipinski definition) is 3. The van der Waals surface area contributed by atoms with Gasteiger partial charge in [-0.3, -0.25) is 9.69 Å². The van der Waals surface area contributed by atoms with Crippen LogP contribution in [0.25, 0.3) is 0 Å². The Labute approximate surface area is 113 Å². The molecule has 1 heterocycles. The molecule has 1 aliphatic rings. The van der Waals surface area contributed by atoms with E-state index in [9.17, 15) is 9.59 Å². The molecular weight excluding hydrogens is 246 g/mol. The summed E-state index contributed by atoms with van der Waals surface area (Å²) in [6.07, 6.45) is 5.99. The predicted molar refractivity (Wildman–Crippen MR) is 71.7 cm³/mol. The van der Waals surface area contributed by atoms with Gasteiger partial charge in [0.1, 0.15) is 6.04 Å². The van der Waals surface area contributed by atoms with Crippen molar-refractivity contribution >= 4 is 12.0 Å². The van der Waals surface area contributed by atoms with Crippen molar-refractivity contribution in [1.82, 2.24) is 15.1 Å². The van der Waals surface area contributed by atoms with E-state index in [1.165, 1.54) is 0 Å². The summed E-state index contributed by atoms with van der Waals surface area (Å²) in [7, 11) is 0. The number of nitrogens with zero attached hydrogens (tertiary/aromatic N) is 2. The third-order valence-electron chi connectivity index (χ3n) is 3.41. The van der Waals surface area contributed by atoms with E-state index in [0.29, 0.717) is 32.6 Å². The molecule has 0 saturated carbocycles. The first-order chi connectivity index (χ1) is 8.99. The monoisotopic (exact) mass is 267 g/mol. The number of carbonyl (C=O) groups excluding carboxylic acids is 1. The Balaban J connectivity index is 2.43. The molecule has 106 valence electrons. The van der Waals surface area contributed by atoms with Crippen LogP contribution in [0.2, 0.25) is 0 Å². The Hall–Kier alpha value is -1.74. The molecule has 2 unspecified atom stereocenters. The van der Waals surface area contributed by atoms with Crippen LogP contribution in [-0.2, 0) is 4.79 Å². The molecule has 0 aromatic carbocycles. The minimum Gasteiger partial charge on any atom is -0.480 e. The average Bonchev–Trinajstić information content (AvgIpc) is 2.43. The second-order valence-electron chi connectivity index (χ2n) is 4.61. The van der Waals surface area contributed by atoms with Crippen molar-refractivity contribution in [2.75, 3.05) is 26.2 Å². The van der Waals surface area contributed by atoms with Crippen LogP contribution < -0.4 is 5.32 Å². The quantitative estimate of drug-likeness (QED) is 0.714. The Morgan fingerprint density at radius 2 is 1.95 bits per heavy atom. The summed E-state index contributed by atoms with van der Waals surface area (Å²) in [6.45, 7) is 5.73. The van der Waals surface area contributed by atoms with Crippen molar-refractivity contribution in [2.24, 2.45) is 0 Å². The smallest absolute Gasteiger partial charge is 0.320 e. The number of nitrogens with one attached hydrogen (secondary N) is 1. The topological polar surface area (TPSA) is 72.9 Å². The van der Waals surface area contributed by atoms with E-state index in [1.54, 1.807) is 11.8 Å². The van der Waals surface area contributed by atoms with Crippen LogP contribution in [0.4, 0.5) is 4.79 Å². The SMILES string of the molecule is C#CC(CC)NC(=O)N1CCN(C(C)C(=O)O)CC1. The summed E-state index contributed by atoms with van der Waals surface area (Å²) in [5.74, 6) is 1.68. The molecule has 0 spiro atoms. The Morgan fingerprint density at radius 3 is 2.37 bits per heavy atom. The average molecular weight is 267 g/mol. The number of carbonyl (C=O) groups is 2. The highest BCUT2D eigenvalue weighted by Gasteiger charge is 2.27. The molecule has 6 nitrogen and oxygen atoms in total. The summed E-state index contributed by atoms with van der Waals surface area (Å²) in [5, 5.41) is 11.7. The number of carboxylic acids is 1. The van der Waals surface area contributed by atoms with E-state index >= 15 is 0 Å². The van der Waals surface area contributed by atoms with Crippen LogP contribution in [-0.4, -0.2) is 65.2 Å². The van der Waals surface area contributed by atoms with Crippen LogP contribution in [0.1, 0.15) is 20.3 Å². The largest absolute Gasteiger partial charge is 0.480 e. The van der Waals surface area contributed by atoms with Gasteiger partial charge in [0, 0.05) is 26.2 Å². The van der Waals surface area contributed by atoms with Gasteiger partial charge in [-0.15, -0.1) is 6.42 Å². The number of amides is 2. The van der Waals surface area contributed by atoms with E-state index < -0.39 is 12.0 Å². The summed E-state index contributed by atoms with van der Waals surface area (Å²) >= 11 is 0. The van der Waals surface area contributed by atoms with Crippen LogP contribution in [0.3, 0.4) is 0 Å². The lowest BCUT2D eigenvalue weighted by Gasteiger charge is -2.36. The van der Waals surface area contributed by atoms with Gasteiger partial charge < -0.3 is 15.3 Å². The van der Waals surface area contributed by atoms with Gasteiger partial charge in [0.25, 0.3) is 0 Å². The van der Waals surface area contributed by atoms with Gasteiger partial charge in [-0.1, -0.05) is 12.8 Å². The fourth-order valence-electron chi connectivity index (χ4n) is 1.97. The van der Waals surface area contributed by atoms with Crippen LogP contribution in [0.15, 0.2) is 0 Å². The third-order valence-corrected chi connectivity index (χ3v) is 3.41. The number of aliphatic carboxylic acids is 1. The van der Waals surface area contributed by atoms with Crippen molar-refractivity contribution in [3.05, 3.63) is 0 Å². The highest BCUT2D eigenvalue weighted by atomic mass is 16.4. The molecular formula is C13H21N3O3. The van der Waals surface area contributed by atoms with Crippen molar-refractivity contribution in [3.8, 4) is 12.3 Å². The number of piperazine rings is 1. The predicted octanol–water partition coefficient (Wildman–Crippen LogP) is 0.199. The van der Waals surface area contributed by atoms with Gasteiger partial charge in [0.15, 0.2) is 0 Å². The maximum Gasteiger partial charge on any atom is 0.320 e. The molecule has 2 N–H and O–H groups in total. The molecule has 0 radical (unpaired) electrons. The lowest BCUT2D eigenvalue weighted by Crippen LogP contribution is -2.56. The fraction of sp³-hybridized carbons (Fsp3) is 0.692. The number of terminal acetylenes is 1. The zero-order valence-corrected chi connectivity index (χ0v) is 11.4. The summed E-state index contributed by atoms with van der Waals surface area (Å²) < 4.78 is 0. The van der Waals surface area contributed by atoms with E-state index in [-0.39, 0.29) is 12.1 Å². The van der Waals surface area contributed by atoms with Crippen molar-refractivity contribution in [3.63, 3.8) is 0 Å². The Kier molecular flexibility index (Phi) is 5.64. The van der Waals surface area contributed by atoms with E-state index in [4.69, 9.17) is 11.5 Å². The van der Waals surface area contributed by atoms with E-state index in [0.717, 1.165) is 0 Å². The number of urea groups is 1. The first kappa shape index (κ1) is 15.3. The normalized spacial score (nSPS) is 19.3. The molecule has 0 aromatic rings. The van der Waals surface area contributed by atoms with E-state index in [2.05, 4.69) is 11.2 Å². The van der Waals surface area contributed by atoms with Crippen LogP contribution in [0.5, 0.6) is 0 Å². The first-order valence-corrected chi connectivity index (χ1v) is 6.48. The third kappa shape index (κ3) is 4.14. The Bertz CT molecular complexity index is 370. The van der Waals surface area contributed by atoms with Gasteiger partial charge in [0.2, 0.25) is 0 Å². The minimum absolute atomic E-state index is 0.174. The number of rotatable bonds is 4. The fourth-order valence-corrected chi connectivity index (χ4v) is 1.97. The van der Waals surface area contributed by atoms with Gasteiger partial charge >= 0.3 is 12.0 Å². The first-order valence-electron chi connectivity index (χ1n) is 6.48. The summed E-state index contributed by atoms with van der Waals surface area (Å²) in [6, 6.07) is -0.935. The van der Waals surface area contributed by atoms with Crippen molar-refractivity contribution < 1.29 is 14.7 Å². The molecule has 0 aliphatic carbocycles. The molecule has 2 atom stereocenters. The highest BCUT2D eigenvalue weighted by molar-refractivity contribution is 5.75. The van der Waals surface area contributed by atoms with Gasteiger partial charge in [-0.05, 0) is 13.3 Å². The molecule has 1 rings (SSSR count). The minimum atomic E-state index is -0.837. The highest BCUT2D eigenvalue weighted by Crippen LogP contribution is 2.07. The molecule has 19 heavy (non-hydrogen) atoms. The molecule has 0 bridgehead atoms. The number of hydrogen-bond donors (Lipinski definition) is 2. The standard InChI is InChI=1S/C13H21N3O3/c1-4-11(5-2)14-13(19)16-8-6-15(7-9-16)10(3)12(17)18/h1,10-11H,5-9H2,2-3H3,(H,14,19)(H,17,18). The molecule has 2 amide bonds. The zero-order valence-electron chi connectivity index (χ0n) is 11.4. The molecule has 1 saturated heterocycles. The molecule has 0 aromatic heterocycles. The van der Waals surface area contributed by atoms with E-state index in [1.807, 2.05) is 11.8 Å². The van der Waals surface area contributed by atoms with Crippen molar-refractivity contribution in [1.29, 1.82) is 0 Å². The Morgan fingerprint density at radius 1 is 1.37 bits per heavy atom. The second kappa shape index (κ2) is 7.00. The lowest BCUT2D eigenvalue weighted by atomic mass is 10.2. The molecule has 1 aliphatic heterocycles. The van der Waals surface area contributed by atoms with Crippen molar-refractivity contribution in [2.45, 2.75) is 32.4 Å². The second-order valence-corrected chi connectivity index (χ2v) is 4.61. The lowest BCUT2D eigenvalue weighted by molar-refractivity contribution is -0.143. The summed E-state index contributed by atoms with van der Waals surface area (Å²) in [4.78, 5) is 26.3. The maximum absolute atomic E-state index is 11.9. The number of carboxylic acid groups (broad SMARTS) is 1. The molecule has 1 fully saturated rings. The summed E-state index contributed by atoms with van der Waals surface area (Å²) in [5.41, 5.74) is 0. The van der Waals surface area contributed by atoms with Gasteiger partial charge in [0.05, 0.1) is 6.04 Å². The van der Waals surface area contributed by atoms with Gasteiger partial charge in [-0.2, -0.15) is 0 Å². The maximum atomic E-state index is 11.9. The van der Waals surface area contributed by atoms with Crippen LogP contribution in [0, 0.1) is 12.3 Å². The zero-order chi connectivity index (χ0) is 14.4.